The summed E-state index contributed by atoms with van der Waals surface area (Å²) in [6.07, 6.45) is 56.2. The summed E-state index contributed by atoms with van der Waals surface area (Å²) in [7, 11) is 1.50. The molecule has 2 atom stereocenters. The summed E-state index contributed by atoms with van der Waals surface area (Å²) in [5, 5.41) is 0. The Morgan fingerprint density at radius 2 is 0.672 bits per heavy atom. The van der Waals surface area contributed by atoms with E-state index in [1.807, 2.05) is 21.1 Å². The van der Waals surface area contributed by atoms with Crippen molar-refractivity contribution in [1.82, 2.24) is 0 Å². The summed E-state index contributed by atoms with van der Waals surface area (Å²) < 4.78 is 34.5. The summed E-state index contributed by atoms with van der Waals surface area (Å²) in [5.74, 6) is -0.777. The highest BCUT2D eigenvalue weighted by atomic mass is 31.2. The lowest BCUT2D eigenvalue weighted by Gasteiger charge is -2.24. The molecule has 1 N–H and O–H groups in total. The van der Waals surface area contributed by atoms with Crippen LogP contribution >= 0.6 is 7.82 Å². The van der Waals surface area contributed by atoms with Gasteiger partial charge in [-0.25, -0.2) is 4.57 Å². The highest BCUT2D eigenvalue weighted by Gasteiger charge is 2.27. The van der Waals surface area contributed by atoms with Gasteiger partial charge in [0.15, 0.2) is 6.10 Å². The minimum Gasteiger partial charge on any atom is -0.462 e. The van der Waals surface area contributed by atoms with Gasteiger partial charge in [0.2, 0.25) is 0 Å². The number of rotatable bonds is 55. The molecule has 0 aliphatic heterocycles. The maximum atomic E-state index is 12.8. The third kappa shape index (κ3) is 54.2. The van der Waals surface area contributed by atoms with Gasteiger partial charge in [-0.2, -0.15) is 0 Å². The Labute approximate surface area is 416 Å². The van der Waals surface area contributed by atoms with Gasteiger partial charge in [-0.05, 0) is 12.8 Å². The van der Waals surface area contributed by atoms with Gasteiger partial charge in [0, 0.05) is 12.8 Å². The van der Waals surface area contributed by atoms with Crippen LogP contribution in [0.1, 0.15) is 303 Å². The largest absolute Gasteiger partial charge is 0.472 e. The number of phosphoric ester groups is 1. The number of ether oxygens (including phenoxy) is 2. The fourth-order valence-corrected chi connectivity index (χ4v) is 9.58. The van der Waals surface area contributed by atoms with Crippen molar-refractivity contribution < 1.29 is 42.1 Å². The first-order valence-electron chi connectivity index (χ1n) is 29.3. The molecule has 67 heavy (non-hydrogen) atoms. The van der Waals surface area contributed by atoms with Crippen LogP contribution in [-0.4, -0.2) is 74.9 Å². The maximum Gasteiger partial charge on any atom is 0.472 e. The quantitative estimate of drug-likeness (QED) is 0.0278. The van der Waals surface area contributed by atoms with Crippen molar-refractivity contribution in [3.05, 3.63) is 0 Å². The number of phosphoric acid groups is 1. The van der Waals surface area contributed by atoms with E-state index in [1.165, 1.54) is 238 Å². The molecule has 0 amide bonds. The second kappa shape index (κ2) is 50.0. The lowest BCUT2D eigenvalue weighted by atomic mass is 10.0. The lowest BCUT2D eigenvalue weighted by molar-refractivity contribution is -0.870. The Bertz CT molecular complexity index is 1100. The van der Waals surface area contributed by atoms with E-state index in [0.29, 0.717) is 17.4 Å². The Balaban J connectivity index is 3.95. The van der Waals surface area contributed by atoms with Crippen LogP contribution in [0.5, 0.6) is 0 Å². The number of unbranched alkanes of at least 4 members (excludes halogenated alkanes) is 41. The van der Waals surface area contributed by atoms with Gasteiger partial charge in [-0.15, -0.1) is 0 Å². The first-order chi connectivity index (χ1) is 32.5. The summed E-state index contributed by atoms with van der Waals surface area (Å²) >= 11 is 0. The molecule has 0 aromatic heterocycles. The highest BCUT2D eigenvalue weighted by Crippen LogP contribution is 2.43. The molecule has 2 unspecified atom stereocenters. The zero-order chi connectivity index (χ0) is 49.2. The predicted octanol–water partition coefficient (Wildman–Crippen LogP) is 17.9. The van der Waals surface area contributed by atoms with Crippen LogP contribution in [0.4, 0.5) is 0 Å². The second-order valence-electron chi connectivity index (χ2n) is 21.4. The minimum absolute atomic E-state index is 0.0372. The van der Waals surface area contributed by atoms with Crippen LogP contribution in [0.15, 0.2) is 0 Å². The molecule has 0 saturated carbocycles. The van der Waals surface area contributed by atoms with E-state index >= 15 is 0 Å². The first-order valence-corrected chi connectivity index (χ1v) is 30.8. The summed E-state index contributed by atoms with van der Waals surface area (Å²) in [4.78, 5) is 35.5. The number of hydrogen-bond donors (Lipinski definition) is 1. The zero-order valence-corrected chi connectivity index (χ0v) is 46.3. The van der Waals surface area contributed by atoms with Crippen LogP contribution in [0.2, 0.25) is 0 Å². The summed E-state index contributed by atoms with van der Waals surface area (Å²) in [6, 6.07) is 0. The molecule has 0 aromatic carbocycles. The van der Waals surface area contributed by atoms with Gasteiger partial charge in [0.25, 0.3) is 0 Å². The third-order valence-corrected chi connectivity index (χ3v) is 14.4. The normalized spacial score (nSPS) is 13.2. The molecule has 9 nitrogen and oxygen atoms in total. The third-order valence-electron chi connectivity index (χ3n) is 13.4. The maximum absolute atomic E-state index is 12.8. The standard InChI is InChI=1S/C57H114NO8P/c1-6-8-10-12-14-16-18-20-21-22-23-24-25-26-27-28-29-30-31-32-33-34-35-36-37-38-40-42-44-46-48-50-57(60)66-55(54-65-67(61,62)64-52-51-58(3,4)5)53-63-56(59)49-47-45-43-41-39-19-17-15-13-11-9-7-2/h55H,6-54H2,1-5H3/p+1. The molecular weight excluding hydrogens is 858 g/mol. The molecule has 0 aromatic rings. The van der Waals surface area contributed by atoms with E-state index in [0.717, 1.165) is 38.5 Å². The van der Waals surface area contributed by atoms with E-state index in [-0.39, 0.29) is 25.6 Å². The van der Waals surface area contributed by atoms with E-state index < -0.39 is 26.5 Å². The molecule has 0 fully saturated rings. The number of carbonyl (C=O) groups is 2. The van der Waals surface area contributed by atoms with Gasteiger partial charge >= 0.3 is 19.8 Å². The van der Waals surface area contributed by atoms with Crippen molar-refractivity contribution in [1.29, 1.82) is 0 Å². The SMILES string of the molecule is CCCCCCCCCCCCCCCCCCCCCCCCCCCCCCCCCC(=O)OC(COC(=O)CCCCCCCCCCCCCC)COP(=O)(O)OCC[N+](C)(C)C. The molecule has 0 bridgehead atoms. The first kappa shape index (κ1) is 66.0. The number of carbonyl (C=O) groups excluding carboxylic acids is 2. The van der Waals surface area contributed by atoms with E-state index in [9.17, 15) is 19.0 Å². The van der Waals surface area contributed by atoms with Gasteiger partial charge in [0.05, 0.1) is 27.7 Å². The molecule has 10 heteroatoms. The monoisotopic (exact) mass is 973 g/mol. The van der Waals surface area contributed by atoms with Crippen molar-refractivity contribution in [2.45, 2.75) is 309 Å². The van der Waals surface area contributed by atoms with Gasteiger partial charge in [-0.3, -0.25) is 18.6 Å². The number of hydrogen-bond acceptors (Lipinski definition) is 7. The summed E-state index contributed by atoms with van der Waals surface area (Å²) in [6.45, 7) is 4.49. The predicted molar refractivity (Wildman–Crippen MR) is 285 cm³/mol. The zero-order valence-electron chi connectivity index (χ0n) is 45.4. The van der Waals surface area contributed by atoms with Crippen molar-refractivity contribution in [2.75, 3.05) is 47.5 Å². The van der Waals surface area contributed by atoms with Crippen molar-refractivity contribution >= 4 is 19.8 Å². The van der Waals surface area contributed by atoms with Crippen LogP contribution in [0.25, 0.3) is 0 Å². The average Bonchev–Trinajstić information content (AvgIpc) is 3.29. The minimum atomic E-state index is -4.37. The van der Waals surface area contributed by atoms with E-state index in [2.05, 4.69) is 13.8 Å². The second-order valence-corrected chi connectivity index (χ2v) is 22.9. The van der Waals surface area contributed by atoms with Gasteiger partial charge < -0.3 is 18.9 Å². The van der Waals surface area contributed by atoms with Gasteiger partial charge in [0.1, 0.15) is 19.8 Å². The highest BCUT2D eigenvalue weighted by molar-refractivity contribution is 7.47. The fourth-order valence-electron chi connectivity index (χ4n) is 8.84. The summed E-state index contributed by atoms with van der Waals surface area (Å²) in [5.41, 5.74) is 0. The van der Waals surface area contributed by atoms with Crippen LogP contribution in [0, 0.1) is 0 Å². The Morgan fingerprint density at radius 1 is 0.403 bits per heavy atom. The van der Waals surface area contributed by atoms with E-state index in [1.54, 1.807) is 0 Å². The van der Waals surface area contributed by atoms with E-state index in [4.69, 9.17) is 18.5 Å². The molecule has 0 saturated heterocycles. The Hall–Kier alpha value is -0.990. The molecule has 0 rings (SSSR count). The molecule has 400 valence electrons. The number of quaternary nitrogens is 1. The lowest BCUT2D eigenvalue weighted by Crippen LogP contribution is -2.37. The molecule has 0 heterocycles. The Kier molecular flexibility index (Phi) is 49.2. The number of likely N-dealkylation sites (N-methyl/N-ethyl adjacent to an activating group) is 1. The number of esters is 2. The molecular formula is C57H115NO8P+. The Morgan fingerprint density at radius 3 is 0.955 bits per heavy atom. The average molecular weight is 974 g/mol. The van der Waals surface area contributed by atoms with Gasteiger partial charge in [-0.1, -0.05) is 277 Å². The molecule has 0 spiro atoms. The smallest absolute Gasteiger partial charge is 0.462 e. The van der Waals surface area contributed by atoms with Crippen LogP contribution in [-0.2, 0) is 32.7 Å². The number of nitrogens with zero attached hydrogens (tertiary/aromatic N) is 1. The molecule has 0 aliphatic carbocycles. The van der Waals surface area contributed by atoms with Crippen LogP contribution < -0.4 is 0 Å². The van der Waals surface area contributed by atoms with Crippen LogP contribution in [0.3, 0.4) is 0 Å². The van der Waals surface area contributed by atoms with Crippen molar-refractivity contribution in [2.24, 2.45) is 0 Å². The molecule has 0 radical (unpaired) electrons. The topological polar surface area (TPSA) is 108 Å². The van der Waals surface area contributed by atoms with Crippen molar-refractivity contribution in [3.63, 3.8) is 0 Å². The fraction of sp³-hybridized carbons (Fsp3) is 0.965. The van der Waals surface area contributed by atoms with Crippen molar-refractivity contribution in [3.8, 4) is 0 Å². The molecule has 0 aliphatic rings.